The third-order valence-corrected chi connectivity index (χ3v) is 5.49. The Morgan fingerprint density at radius 1 is 1.00 bits per heavy atom. The molecule has 0 radical (unpaired) electrons. The molecular weight excluding hydrogens is 334 g/mol. The predicted octanol–water partition coefficient (Wildman–Crippen LogP) is 3.69. The highest BCUT2D eigenvalue weighted by atomic mass is 16.2. The van der Waals surface area contributed by atoms with Crippen LogP contribution in [0, 0.1) is 11.8 Å². The normalized spacial score (nSPS) is 14.6. The zero-order valence-electron chi connectivity index (χ0n) is 16.0. The summed E-state index contributed by atoms with van der Waals surface area (Å²) >= 11 is 0. The van der Waals surface area contributed by atoms with Gasteiger partial charge in [-0.2, -0.15) is 0 Å². The molecule has 2 aliphatic heterocycles. The van der Waals surface area contributed by atoms with Crippen LogP contribution in [0.3, 0.4) is 0 Å². The van der Waals surface area contributed by atoms with Gasteiger partial charge in [-0.25, -0.2) is 0 Å². The number of para-hydroxylation sites is 3. The fourth-order valence-electron chi connectivity index (χ4n) is 3.95. The molecule has 0 N–H and O–H groups in total. The summed E-state index contributed by atoms with van der Waals surface area (Å²) in [7, 11) is 0. The van der Waals surface area contributed by atoms with Gasteiger partial charge in [-0.15, -0.1) is 0 Å². The molecule has 2 aromatic carbocycles. The van der Waals surface area contributed by atoms with Gasteiger partial charge in [-0.3, -0.25) is 14.6 Å². The summed E-state index contributed by atoms with van der Waals surface area (Å²) in [5.74, 6) is 6.50. The first-order chi connectivity index (χ1) is 13.2. The molecule has 0 atom stereocenters. The van der Waals surface area contributed by atoms with E-state index in [0.717, 1.165) is 55.2 Å². The van der Waals surface area contributed by atoms with E-state index in [4.69, 9.17) is 0 Å². The molecule has 2 heterocycles. The first-order valence-electron chi connectivity index (χ1n) is 9.73. The van der Waals surface area contributed by atoms with Crippen LogP contribution in [-0.2, 0) is 6.42 Å². The van der Waals surface area contributed by atoms with Crippen molar-refractivity contribution in [1.29, 1.82) is 0 Å². The van der Waals surface area contributed by atoms with Gasteiger partial charge in [0.1, 0.15) is 0 Å². The number of carbonyl (C=O) groups excluding carboxylic acids is 1. The van der Waals surface area contributed by atoms with Gasteiger partial charge in [0.15, 0.2) is 0 Å². The average molecular weight is 359 g/mol. The van der Waals surface area contributed by atoms with Crippen LogP contribution in [0.2, 0.25) is 0 Å². The molecular formula is C23H25N3O. The molecule has 0 saturated carbocycles. The van der Waals surface area contributed by atoms with Crippen LogP contribution in [-0.4, -0.2) is 43.5 Å². The van der Waals surface area contributed by atoms with Crippen LogP contribution in [0.1, 0.15) is 29.8 Å². The standard InChI is InChI=1S/C23H25N3O/c1-3-24(4-2)15-7-8-16-26-21-13-6-5-12-20(21)25-17-14-18-10-9-11-19(22(18)25)23(26)27/h5-6,9-13H,3-4,14-17H2,1-2H3. The van der Waals surface area contributed by atoms with Crippen molar-refractivity contribution in [3.8, 4) is 11.8 Å². The zero-order valence-corrected chi connectivity index (χ0v) is 16.0. The van der Waals surface area contributed by atoms with E-state index in [2.05, 4.69) is 47.6 Å². The molecule has 0 aliphatic carbocycles. The van der Waals surface area contributed by atoms with E-state index in [1.54, 1.807) is 0 Å². The number of hydrogen-bond donors (Lipinski definition) is 0. The highest BCUT2D eigenvalue weighted by Crippen LogP contribution is 2.44. The number of fused-ring (bicyclic) bond motifs is 2. The highest BCUT2D eigenvalue weighted by molar-refractivity contribution is 6.15. The third kappa shape index (κ3) is 3.09. The maximum Gasteiger partial charge on any atom is 0.261 e. The van der Waals surface area contributed by atoms with E-state index in [1.807, 2.05) is 35.2 Å². The lowest BCUT2D eigenvalue weighted by Gasteiger charge is -2.23. The van der Waals surface area contributed by atoms with Crippen molar-refractivity contribution in [3.63, 3.8) is 0 Å². The van der Waals surface area contributed by atoms with Gasteiger partial charge >= 0.3 is 0 Å². The summed E-state index contributed by atoms with van der Waals surface area (Å²) in [4.78, 5) is 19.8. The van der Waals surface area contributed by atoms with Crippen LogP contribution < -0.4 is 9.80 Å². The van der Waals surface area contributed by atoms with Crippen molar-refractivity contribution in [2.75, 3.05) is 42.5 Å². The first-order valence-corrected chi connectivity index (χ1v) is 9.73. The van der Waals surface area contributed by atoms with E-state index in [1.165, 1.54) is 5.56 Å². The van der Waals surface area contributed by atoms with Crippen LogP contribution >= 0.6 is 0 Å². The summed E-state index contributed by atoms with van der Waals surface area (Å²) in [5, 5.41) is 0. The summed E-state index contributed by atoms with van der Waals surface area (Å²) < 4.78 is 0. The Labute approximate surface area is 161 Å². The Kier molecular flexibility index (Phi) is 4.87. The Morgan fingerprint density at radius 3 is 2.56 bits per heavy atom. The SMILES string of the molecule is CCN(CC)CC#CCN1C(=O)c2cccc3c2N(CC3)c2ccccc21. The van der Waals surface area contributed by atoms with Crippen molar-refractivity contribution >= 4 is 23.0 Å². The second-order valence-corrected chi connectivity index (χ2v) is 6.91. The molecule has 0 unspecified atom stereocenters. The fourth-order valence-corrected chi connectivity index (χ4v) is 3.95. The van der Waals surface area contributed by atoms with Gasteiger partial charge in [0.2, 0.25) is 0 Å². The van der Waals surface area contributed by atoms with Crippen LogP contribution in [0.5, 0.6) is 0 Å². The number of anilines is 3. The van der Waals surface area contributed by atoms with Gasteiger partial charge in [-0.1, -0.05) is 50.0 Å². The topological polar surface area (TPSA) is 26.8 Å². The summed E-state index contributed by atoms with van der Waals surface area (Å²) in [6.07, 6.45) is 0.981. The molecule has 0 saturated heterocycles. The van der Waals surface area contributed by atoms with Crippen molar-refractivity contribution in [3.05, 3.63) is 53.6 Å². The molecule has 138 valence electrons. The Bertz CT molecular complexity index is 921. The Balaban J connectivity index is 1.71. The Morgan fingerprint density at radius 2 is 1.78 bits per heavy atom. The fraction of sp³-hybridized carbons (Fsp3) is 0.348. The number of benzene rings is 2. The zero-order chi connectivity index (χ0) is 18.8. The molecule has 1 amide bonds. The van der Waals surface area contributed by atoms with Crippen LogP contribution in [0.4, 0.5) is 17.1 Å². The highest BCUT2D eigenvalue weighted by Gasteiger charge is 2.34. The molecule has 4 rings (SSSR count). The second kappa shape index (κ2) is 7.46. The summed E-state index contributed by atoms with van der Waals surface area (Å²) in [6, 6.07) is 14.2. The van der Waals surface area contributed by atoms with Crippen molar-refractivity contribution in [2.45, 2.75) is 20.3 Å². The molecule has 0 fully saturated rings. The molecule has 0 aromatic heterocycles. The van der Waals surface area contributed by atoms with E-state index in [9.17, 15) is 4.79 Å². The van der Waals surface area contributed by atoms with Crippen molar-refractivity contribution in [2.24, 2.45) is 0 Å². The lowest BCUT2D eigenvalue weighted by Crippen LogP contribution is -2.31. The van der Waals surface area contributed by atoms with Gasteiger partial charge < -0.3 is 4.90 Å². The third-order valence-electron chi connectivity index (χ3n) is 5.49. The first kappa shape index (κ1) is 17.6. The second-order valence-electron chi connectivity index (χ2n) is 6.91. The van der Waals surface area contributed by atoms with Gasteiger partial charge in [0.05, 0.1) is 35.7 Å². The number of rotatable bonds is 4. The quantitative estimate of drug-likeness (QED) is 0.779. The van der Waals surface area contributed by atoms with Crippen molar-refractivity contribution in [1.82, 2.24) is 4.90 Å². The Hall–Kier alpha value is -2.77. The molecule has 2 aliphatic rings. The smallest absolute Gasteiger partial charge is 0.261 e. The molecule has 0 spiro atoms. The van der Waals surface area contributed by atoms with Crippen LogP contribution in [0.25, 0.3) is 0 Å². The van der Waals surface area contributed by atoms with E-state index >= 15 is 0 Å². The van der Waals surface area contributed by atoms with E-state index in [-0.39, 0.29) is 5.91 Å². The maximum absolute atomic E-state index is 13.4. The van der Waals surface area contributed by atoms with Gasteiger partial charge in [0.25, 0.3) is 5.91 Å². The average Bonchev–Trinajstić information content (AvgIpc) is 3.11. The van der Waals surface area contributed by atoms with Gasteiger partial charge in [0, 0.05) is 6.54 Å². The minimum absolute atomic E-state index is 0.0424. The molecule has 2 aromatic rings. The molecule has 0 bridgehead atoms. The largest absolute Gasteiger partial charge is 0.339 e. The lowest BCUT2D eigenvalue weighted by molar-refractivity contribution is 0.0991. The lowest BCUT2D eigenvalue weighted by atomic mass is 10.1. The number of nitrogens with zero attached hydrogens (tertiary/aromatic N) is 3. The van der Waals surface area contributed by atoms with Gasteiger partial charge in [-0.05, 0) is 43.3 Å². The predicted molar refractivity (Wildman–Crippen MR) is 111 cm³/mol. The maximum atomic E-state index is 13.4. The van der Waals surface area contributed by atoms with E-state index in [0.29, 0.717) is 6.54 Å². The summed E-state index contributed by atoms with van der Waals surface area (Å²) in [5.41, 5.74) is 5.16. The van der Waals surface area contributed by atoms with Crippen molar-refractivity contribution < 1.29 is 4.79 Å². The monoisotopic (exact) mass is 359 g/mol. The molecule has 4 nitrogen and oxygen atoms in total. The van der Waals surface area contributed by atoms with E-state index < -0.39 is 0 Å². The molecule has 27 heavy (non-hydrogen) atoms. The number of amides is 1. The minimum Gasteiger partial charge on any atom is -0.339 e. The number of carbonyl (C=O) groups is 1. The summed E-state index contributed by atoms with van der Waals surface area (Å²) in [6.45, 7) is 8.32. The molecule has 4 heteroatoms. The minimum atomic E-state index is 0.0424. The number of hydrogen-bond acceptors (Lipinski definition) is 3. The van der Waals surface area contributed by atoms with Crippen LogP contribution in [0.15, 0.2) is 42.5 Å².